The maximum absolute atomic E-state index is 4.58. The van der Waals surface area contributed by atoms with E-state index in [1.165, 1.54) is 19.3 Å². The largest absolute Gasteiger partial charge is 0.359 e. The van der Waals surface area contributed by atoms with E-state index in [4.69, 9.17) is 0 Å². The Kier molecular flexibility index (Phi) is 2.40. The topological polar surface area (TPSA) is 42.7 Å². The van der Waals surface area contributed by atoms with E-state index in [9.17, 15) is 0 Å². The summed E-state index contributed by atoms with van der Waals surface area (Å²) in [6.07, 6.45) is 5.70. The molecule has 1 N–H and O–H groups in total. The van der Waals surface area contributed by atoms with Crippen LogP contribution in [0.5, 0.6) is 0 Å². The van der Waals surface area contributed by atoms with Crippen LogP contribution in [0.15, 0.2) is 17.6 Å². The second kappa shape index (κ2) is 3.90. The van der Waals surface area contributed by atoms with Gasteiger partial charge in [0.2, 0.25) is 0 Å². The number of rotatable bonds is 3. The van der Waals surface area contributed by atoms with Crippen LogP contribution in [0.1, 0.15) is 19.3 Å². The average molecular weight is 234 g/mol. The summed E-state index contributed by atoms with van der Waals surface area (Å²) in [7, 11) is 1.94. The number of nitrogens with one attached hydrogen (secondary N) is 1. The van der Waals surface area contributed by atoms with Crippen LogP contribution < -0.4 is 5.32 Å². The molecule has 0 spiro atoms. The van der Waals surface area contributed by atoms with E-state index in [0.29, 0.717) is 6.04 Å². The zero-order valence-corrected chi connectivity index (χ0v) is 10.00. The van der Waals surface area contributed by atoms with Crippen LogP contribution >= 0.6 is 11.3 Å². The molecule has 0 bridgehead atoms. The molecular formula is C11H14N4S. The van der Waals surface area contributed by atoms with Crippen LogP contribution in [0.25, 0.3) is 11.4 Å². The smallest absolute Gasteiger partial charge is 0.183 e. The fraction of sp³-hybridized carbons (Fsp3) is 0.455. The van der Waals surface area contributed by atoms with Crippen molar-refractivity contribution in [2.75, 3.05) is 5.32 Å². The van der Waals surface area contributed by atoms with E-state index in [1.54, 1.807) is 17.5 Å². The summed E-state index contributed by atoms with van der Waals surface area (Å²) in [4.78, 5) is 4.58. The van der Waals surface area contributed by atoms with E-state index >= 15 is 0 Å². The molecule has 0 saturated heterocycles. The first-order valence-corrected chi connectivity index (χ1v) is 6.41. The minimum atomic E-state index is 0.644. The summed E-state index contributed by atoms with van der Waals surface area (Å²) in [5, 5.41) is 10.7. The van der Waals surface area contributed by atoms with Gasteiger partial charge in [0.25, 0.3) is 0 Å². The van der Waals surface area contributed by atoms with Crippen molar-refractivity contribution >= 4 is 16.5 Å². The minimum absolute atomic E-state index is 0.644. The van der Waals surface area contributed by atoms with Crippen LogP contribution in [0.3, 0.4) is 0 Å². The highest BCUT2D eigenvalue weighted by Crippen LogP contribution is 2.28. The number of anilines is 1. The summed E-state index contributed by atoms with van der Waals surface area (Å²) < 4.78 is 1.85. The highest BCUT2D eigenvalue weighted by Gasteiger charge is 2.18. The van der Waals surface area contributed by atoms with Gasteiger partial charge in [-0.15, -0.1) is 11.3 Å². The highest BCUT2D eigenvalue weighted by atomic mass is 32.1. The lowest BCUT2D eigenvalue weighted by molar-refractivity contribution is 0.445. The first kappa shape index (κ1) is 9.84. The standard InChI is InChI=1S/C11H14N4S/c1-15-10(5-6-12-15)9-7-16-11(14-9)13-8-3-2-4-8/h5-8H,2-4H2,1H3,(H,13,14). The monoisotopic (exact) mass is 234 g/mol. The third-order valence-corrected chi connectivity index (χ3v) is 3.79. The van der Waals surface area contributed by atoms with Gasteiger partial charge < -0.3 is 5.32 Å². The summed E-state index contributed by atoms with van der Waals surface area (Å²) >= 11 is 1.67. The molecule has 1 fully saturated rings. The van der Waals surface area contributed by atoms with Gasteiger partial charge in [-0.25, -0.2) is 4.98 Å². The van der Waals surface area contributed by atoms with E-state index < -0.39 is 0 Å². The average Bonchev–Trinajstić information content (AvgIpc) is 2.80. The van der Waals surface area contributed by atoms with E-state index in [1.807, 2.05) is 17.8 Å². The maximum Gasteiger partial charge on any atom is 0.183 e. The molecule has 5 heteroatoms. The first-order valence-electron chi connectivity index (χ1n) is 5.53. The maximum atomic E-state index is 4.58. The van der Waals surface area contributed by atoms with Gasteiger partial charge in [-0.05, 0) is 25.3 Å². The zero-order chi connectivity index (χ0) is 11.0. The molecule has 0 unspecified atom stereocenters. The first-order chi connectivity index (χ1) is 7.83. The molecule has 0 amide bonds. The van der Waals surface area contributed by atoms with Crippen LogP contribution in [0, 0.1) is 0 Å². The number of hydrogen-bond acceptors (Lipinski definition) is 4. The molecule has 1 saturated carbocycles. The van der Waals surface area contributed by atoms with Gasteiger partial charge in [0.05, 0.1) is 5.69 Å². The Morgan fingerprint density at radius 1 is 1.50 bits per heavy atom. The van der Waals surface area contributed by atoms with Crippen molar-refractivity contribution in [1.82, 2.24) is 14.8 Å². The molecule has 0 aromatic carbocycles. The third-order valence-electron chi connectivity index (χ3n) is 3.02. The van der Waals surface area contributed by atoms with Crippen LogP contribution in [-0.4, -0.2) is 20.8 Å². The second-order valence-electron chi connectivity index (χ2n) is 4.15. The van der Waals surface area contributed by atoms with Gasteiger partial charge >= 0.3 is 0 Å². The van der Waals surface area contributed by atoms with Crippen molar-refractivity contribution in [3.05, 3.63) is 17.6 Å². The van der Waals surface area contributed by atoms with Crippen LogP contribution in [-0.2, 0) is 7.05 Å². The third kappa shape index (κ3) is 1.71. The van der Waals surface area contributed by atoms with E-state index in [-0.39, 0.29) is 0 Å². The minimum Gasteiger partial charge on any atom is -0.359 e. The molecule has 4 nitrogen and oxygen atoms in total. The Morgan fingerprint density at radius 3 is 3.00 bits per heavy atom. The summed E-state index contributed by atoms with van der Waals surface area (Å²) in [6.45, 7) is 0. The Bertz CT molecular complexity index is 484. The molecular weight excluding hydrogens is 220 g/mol. The van der Waals surface area contributed by atoms with Crippen molar-refractivity contribution in [2.24, 2.45) is 7.05 Å². The predicted octanol–water partition coefficient (Wildman–Crippen LogP) is 2.51. The molecule has 1 aliphatic carbocycles. The molecule has 84 valence electrons. The van der Waals surface area contributed by atoms with Crippen molar-refractivity contribution in [1.29, 1.82) is 0 Å². The Labute approximate surface area is 98.3 Å². The number of hydrogen-bond donors (Lipinski definition) is 1. The Morgan fingerprint density at radius 2 is 2.38 bits per heavy atom. The number of thiazole rings is 1. The fourth-order valence-corrected chi connectivity index (χ4v) is 2.59. The lowest BCUT2D eigenvalue weighted by atomic mass is 9.93. The molecule has 2 aromatic heterocycles. The second-order valence-corrected chi connectivity index (χ2v) is 5.01. The Hall–Kier alpha value is -1.36. The van der Waals surface area contributed by atoms with Crippen molar-refractivity contribution in [2.45, 2.75) is 25.3 Å². The number of nitrogens with zero attached hydrogens (tertiary/aromatic N) is 3. The van der Waals surface area contributed by atoms with Gasteiger partial charge in [0, 0.05) is 24.7 Å². The molecule has 3 rings (SSSR count). The molecule has 0 atom stereocenters. The lowest BCUT2D eigenvalue weighted by Crippen LogP contribution is -2.26. The van der Waals surface area contributed by atoms with Gasteiger partial charge in [0.1, 0.15) is 5.69 Å². The van der Waals surface area contributed by atoms with Gasteiger partial charge in [-0.3, -0.25) is 4.68 Å². The van der Waals surface area contributed by atoms with Gasteiger partial charge in [-0.1, -0.05) is 0 Å². The summed E-state index contributed by atoms with van der Waals surface area (Å²) in [6, 6.07) is 2.63. The molecule has 16 heavy (non-hydrogen) atoms. The van der Waals surface area contributed by atoms with Crippen LogP contribution in [0.4, 0.5) is 5.13 Å². The van der Waals surface area contributed by atoms with E-state index in [2.05, 4.69) is 20.8 Å². The zero-order valence-electron chi connectivity index (χ0n) is 9.18. The molecule has 2 aromatic rings. The van der Waals surface area contributed by atoms with Gasteiger partial charge in [0.15, 0.2) is 5.13 Å². The number of aryl methyl sites for hydroxylation is 1. The van der Waals surface area contributed by atoms with Crippen molar-refractivity contribution in [3.63, 3.8) is 0 Å². The fourth-order valence-electron chi connectivity index (χ4n) is 1.81. The normalized spacial score (nSPS) is 16.1. The molecule has 0 aliphatic heterocycles. The Balaban J connectivity index is 1.79. The van der Waals surface area contributed by atoms with E-state index in [0.717, 1.165) is 16.5 Å². The highest BCUT2D eigenvalue weighted by molar-refractivity contribution is 7.14. The number of aromatic nitrogens is 3. The quantitative estimate of drug-likeness (QED) is 0.887. The van der Waals surface area contributed by atoms with Crippen molar-refractivity contribution in [3.8, 4) is 11.4 Å². The molecule has 1 aliphatic rings. The lowest BCUT2D eigenvalue weighted by Gasteiger charge is -2.25. The van der Waals surface area contributed by atoms with Crippen molar-refractivity contribution < 1.29 is 0 Å². The molecule has 0 radical (unpaired) electrons. The van der Waals surface area contributed by atoms with Crippen LogP contribution in [0.2, 0.25) is 0 Å². The summed E-state index contributed by atoms with van der Waals surface area (Å²) in [5.74, 6) is 0. The predicted molar refractivity (Wildman–Crippen MR) is 65.6 cm³/mol. The molecule has 2 heterocycles. The SMILES string of the molecule is Cn1nccc1-c1csc(NC2CCC2)n1. The summed E-state index contributed by atoms with van der Waals surface area (Å²) in [5.41, 5.74) is 2.07. The van der Waals surface area contributed by atoms with Gasteiger partial charge in [-0.2, -0.15) is 5.10 Å².